The summed E-state index contributed by atoms with van der Waals surface area (Å²) in [6.07, 6.45) is 5.58. The van der Waals surface area contributed by atoms with E-state index in [0.29, 0.717) is 18.1 Å². The van der Waals surface area contributed by atoms with Crippen molar-refractivity contribution in [2.75, 3.05) is 36.4 Å². The number of aromatic nitrogens is 1. The minimum absolute atomic E-state index is 0.0111. The van der Waals surface area contributed by atoms with E-state index < -0.39 is 11.7 Å². The molecule has 152 valence electrons. The normalized spacial score (nSPS) is 19.3. The maximum Gasteiger partial charge on any atom is 0.258 e. The van der Waals surface area contributed by atoms with Crippen molar-refractivity contribution in [2.24, 2.45) is 5.92 Å². The van der Waals surface area contributed by atoms with Crippen molar-refractivity contribution < 1.29 is 14.0 Å². The van der Waals surface area contributed by atoms with Crippen molar-refractivity contribution in [3.63, 3.8) is 0 Å². The van der Waals surface area contributed by atoms with Crippen molar-refractivity contribution >= 4 is 23.3 Å². The van der Waals surface area contributed by atoms with E-state index in [4.69, 9.17) is 0 Å². The lowest BCUT2D eigenvalue weighted by atomic mass is 9.96. The van der Waals surface area contributed by atoms with Crippen LogP contribution >= 0.6 is 0 Å². The van der Waals surface area contributed by atoms with Gasteiger partial charge in [0.15, 0.2) is 5.82 Å². The molecule has 29 heavy (non-hydrogen) atoms. The van der Waals surface area contributed by atoms with Crippen LogP contribution in [0, 0.1) is 11.7 Å². The second-order valence-corrected chi connectivity index (χ2v) is 7.63. The number of hydrogen-bond donors (Lipinski definition) is 1. The molecule has 2 fully saturated rings. The molecule has 3 heterocycles. The highest BCUT2D eigenvalue weighted by molar-refractivity contribution is 6.05. The van der Waals surface area contributed by atoms with Crippen LogP contribution in [-0.4, -0.2) is 47.9 Å². The molecule has 1 aromatic heterocycles. The minimum Gasteiger partial charge on any atom is -0.354 e. The molecule has 1 aromatic carbocycles. The van der Waals surface area contributed by atoms with E-state index in [-0.39, 0.29) is 17.4 Å². The Bertz CT molecular complexity index is 898. The Morgan fingerprint density at radius 3 is 2.62 bits per heavy atom. The summed E-state index contributed by atoms with van der Waals surface area (Å²) in [7, 11) is 0. The topological polar surface area (TPSA) is 65.5 Å². The number of hydrogen-bond acceptors (Lipinski definition) is 4. The van der Waals surface area contributed by atoms with Gasteiger partial charge in [-0.2, -0.15) is 0 Å². The van der Waals surface area contributed by atoms with Gasteiger partial charge in [0.2, 0.25) is 5.91 Å². The summed E-state index contributed by atoms with van der Waals surface area (Å²) in [5.41, 5.74) is 0.512. The number of anilines is 2. The Morgan fingerprint density at radius 2 is 1.83 bits per heavy atom. The number of piperidine rings is 1. The highest BCUT2D eigenvalue weighted by Crippen LogP contribution is 2.29. The van der Waals surface area contributed by atoms with Crippen LogP contribution in [-0.2, 0) is 4.79 Å². The van der Waals surface area contributed by atoms with E-state index in [1.165, 1.54) is 12.1 Å². The third-order valence-corrected chi connectivity index (χ3v) is 5.64. The predicted octanol–water partition coefficient (Wildman–Crippen LogP) is 3.31. The van der Waals surface area contributed by atoms with Crippen LogP contribution in [0.2, 0.25) is 0 Å². The number of carbonyl (C=O) groups excluding carboxylic acids is 2. The summed E-state index contributed by atoms with van der Waals surface area (Å²) in [6.45, 7) is 3.05. The number of rotatable bonds is 4. The minimum atomic E-state index is -0.565. The molecule has 1 unspecified atom stereocenters. The van der Waals surface area contributed by atoms with Crippen LogP contribution in [0.5, 0.6) is 0 Å². The zero-order chi connectivity index (χ0) is 20.2. The molecule has 1 N–H and O–H groups in total. The number of likely N-dealkylation sites (tertiary alicyclic amines) is 1. The fourth-order valence-corrected chi connectivity index (χ4v) is 4.15. The van der Waals surface area contributed by atoms with E-state index >= 15 is 0 Å². The molecule has 6 nitrogen and oxygen atoms in total. The standard InChI is InChI=1S/C22H25FN4O2/c23-18-9-2-1-8-17(18)21(28)25-19-10-5-11-24-20(19)27-14-6-7-16(15-27)22(29)26-12-3-4-13-26/h1-2,5,8-11,16H,3-4,6-7,12-15H2,(H,25,28). The fraction of sp³-hybridized carbons (Fsp3) is 0.409. The molecule has 0 bridgehead atoms. The number of pyridine rings is 1. The second kappa shape index (κ2) is 8.59. The Balaban J connectivity index is 1.51. The van der Waals surface area contributed by atoms with Gasteiger partial charge in [0, 0.05) is 32.4 Å². The molecule has 2 saturated heterocycles. The quantitative estimate of drug-likeness (QED) is 0.861. The highest BCUT2D eigenvalue weighted by Gasteiger charge is 2.31. The molecule has 2 aliphatic rings. The lowest BCUT2D eigenvalue weighted by molar-refractivity contribution is -0.134. The first-order valence-corrected chi connectivity index (χ1v) is 10.2. The molecular formula is C22H25FN4O2. The predicted molar refractivity (Wildman–Crippen MR) is 109 cm³/mol. The van der Waals surface area contributed by atoms with Gasteiger partial charge in [0.25, 0.3) is 5.91 Å². The van der Waals surface area contributed by atoms with Crippen LogP contribution < -0.4 is 10.2 Å². The molecule has 2 aromatic rings. The first-order chi connectivity index (χ1) is 14.1. The summed E-state index contributed by atoms with van der Waals surface area (Å²) < 4.78 is 14.0. The highest BCUT2D eigenvalue weighted by atomic mass is 19.1. The number of nitrogens with one attached hydrogen (secondary N) is 1. The first kappa shape index (κ1) is 19.4. The molecule has 0 spiro atoms. The van der Waals surface area contributed by atoms with Gasteiger partial charge >= 0.3 is 0 Å². The largest absolute Gasteiger partial charge is 0.354 e. The zero-order valence-corrected chi connectivity index (χ0v) is 16.3. The number of benzene rings is 1. The molecule has 0 radical (unpaired) electrons. The molecule has 7 heteroatoms. The molecule has 4 rings (SSSR count). The maximum atomic E-state index is 14.0. The summed E-state index contributed by atoms with van der Waals surface area (Å²) in [6, 6.07) is 9.38. The molecule has 2 aliphatic heterocycles. The van der Waals surface area contributed by atoms with Crippen molar-refractivity contribution in [3.8, 4) is 0 Å². The number of carbonyl (C=O) groups is 2. The second-order valence-electron chi connectivity index (χ2n) is 7.63. The SMILES string of the molecule is O=C(Nc1cccnc1N1CCCC(C(=O)N2CCCC2)C1)c1ccccc1F. The molecular weight excluding hydrogens is 371 g/mol. The zero-order valence-electron chi connectivity index (χ0n) is 16.3. The van der Waals surface area contributed by atoms with Gasteiger partial charge in [-0.15, -0.1) is 0 Å². The first-order valence-electron chi connectivity index (χ1n) is 10.2. The number of amides is 2. The molecule has 1 atom stereocenters. The number of nitrogens with zero attached hydrogens (tertiary/aromatic N) is 3. The lowest BCUT2D eigenvalue weighted by Crippen LogP contribution is -2.44. The van der Waals surface area contributed by atoms with E-state index in [0.717, 1.165) is 45.3 Å². The molecule has 0 aliphatic carbocycles. The van der Waals surface area contributed by atoms with Gasteiger partial charge in [0.1, 0.15) is 5.82 Å². The van der Waals surface area contributed by atoms with Gasteiger partial charge in [0.05, 0.1) is 17.2 Å². The van der Waals surface area contributed by atoms with Gasteiger partial charge in [-0.25, -0.2) is 9.37 Å². The van der Waals surface area contributed by atoms with E-state index in [1.807, 2.05) is 4.90 Å². The third kappa shape index (κ3) is 4.23. The van der Waals surface area contributed by atoms with Crippen LogP contribution in [0.25, 0.3) is 0 Å². The summed E-state index contributed by atoms with van der Waals surface area (Å²) >= 11 is 0. The van der Waals surface area contributed by atoms with Gasteiger partial charge in [-0.05, 0) is 49.9 Å². The average Bonchev–Trinajstić information content (AvgIpc) is 3.29. The van der Waals surface area contributed by atoms with Crippen LogP contribution in [0.15, 0.2) is 42.6 Å². The molecule has 2 amide bonds. The van der Waals surface area contributed by atoms with Crippen molar-refractivity contribution in [1.29, 1.82) is 0 Å². The Hall–Kier alpha value is -2.96. The summed E-state index contributed by atoms with van der Waals surface area (Å²) in [5.74, 6) is -0.293. The van der Waals surface area contributed by atoms with E-state index in [9.17, 15) is 14.0 Å². The third-order valence-electron chi connectivity index (χ3n) is 5.64. The van der Waals surface area contributed by atoms with E-state index in [1.54, 1.807) is 30.5 Å². The van der Waals surface area contributed by atoms with Crippen molar-refractivity contribution in [3.05, 3.63) is 54.0 Å². The molecule has 0 saturated carbocycles. The maximum absolute atomic E-state index is 14.0. The summed E-state index contributed by atoms with van der Waals surface area (Å²) in [5, 5.41) is 2.79. The number of halogens is 1. The van der Waals surface area contributed by atoms with Crippen LogP contribution in [0.1, 0.15) is 36.0 Å². The van der Waals surface area contributed by atoms with Gasteiger partial charge < -0.3 is 15.1 Å². The lowest BCUT2D eigenvalue weighted by Gasteiger charge is -2.35. The van der Waals surface area contributed by atoms with Gasteiger partial charge in [-0.1, -0.05) is 12.1 Å². The Kier molecular flexibility index (Phi) is 5.74. The van der Waals surface area contributed by atoms with E-state index in [2.05, 4.69) is 15.2 Å². The van der Waals surface area contributed by atoms with Gasteiger partial charge in [-0.3, -0.25) is 9.59 Å². The Morgan fingerprint density at radius 1 is 1.03 bits per heavy atom. The van der Waals surface area contributed by atoms with Crippen molar-refractivity contribution in [2.45, 2.75) is 25.7 Å². The monoisotopic (exact) mass is 396 g/mol. The summed E-state index contributed by atoms with van der Waals surface area (Å²) in [4.78, 5) is 33.9. The van der Waals surface area contributed by atoms with Crippen LogP contribution in [0.3, 0.4) is 0 Å². The average molecular weight is 396 g/mol. The Labute approximate surface area is 169 Å². The smallest absolute Gasteiger partial charge is 0.258 e. The van der Waals surface area contributed by atoms with Crippen molar-refractivity contribution in [1.82, 2.24) is 9.88 Å². The fourth-order valence-electron chi connectivity index (χ4n) is 4.15. The van der Waals surface area contributed by atoms with Crippen LogP contribution in [0.4, 0.5) is 15.9 Å².